The molecule has 0 amide bonds. The van der Waals surface area contributed by atoms with E-state index in [4.69, 9.17) is 4.74 Å². The summed E-state index contributed by atoms with van der Waals surface area (Å²) in [6, 6.07) is 0.180. The van der Waals surface area contributed by atoms with Crippen LogP contribution in [-0.4, -0.2) is 49.0 Å². The SMILES string of the molecule is CN(CC(C)(C)C)C1COCC1O. The molecule has 0 spiro atoms. The standard InChI is InChI=1S/C10H21NO2/c1-10(2,3)7-11(4)8-5-13-6-9(8)12/h8-9,12H,5-7H2,1-4H3. The van der Waals surface area contributed by atoms with E-state index in [1.54, 1.807) is 0 Å². The quantitative estimate of drug-likeness (QED) is 0.691. The maximum atomic E-state index is 9.59. The molecule has 1 aliphatic heterocycles. The molecule has 0 aromatic rings. The van der Waals surface area contributed by atoms with Crippen molar-refractivity contribution >= 4 is 0 Å². The predicted molar refractivity (Wildman–Crippen MR) is 52.7 cm³/mol. The van der Waals surface area contributed by atoms with Gasteiger partial charge in [-0.05, 0) is 12.5 Å². The van der Waals surface area contributed by atoms with Crippen molar-refractivity contribution in [2.45, 2.75) is 32.9 Å². The summed E-state index contributed by atoms with van der Waals surface area (Å²) in [5.74, 6) is 0. The van der Waals surface area contributed by atoms with Gasteiger partial charge >= 0.3 is 0 Å². The number of nitrogens with zero attached hydrogens (tertiary/aromatic N) is 1. The Morgan fingerprint density at radius 1 is 1.38 bits per heavy atom. The zero-order valence-corrected chi connectivity index (χ0v) is 9.08. The monoisotopic (exact) mass is 187 g/mol. The van der Waals surface area contributed by atoms with Crippen LogP contribution in [0.3, 0.4) is 0 Å². The summed E-state index contributed by atoms with van der Waals surface area (Å²) in [4.78, 5) is 2.19. The Hall–Kier alpha value is -0.120. The van der Waals surface area contributed by atoms with Crippen molar-refractivity contribution in [3.8, 4) is 0 Å². The summed E-state index contributed by atoms with van der Waals surface area (Å²) in [6.07, 6.45) is -0.313. The maximum Gasteiger partial charge on any atom is 0.0950 e. The van der Waals surface area contributed by atoms with Gasteiger partial charge in [0.2, 0.25) is 0 Å². The first-order valence-corrected chi connectivity index (χ1v) is 4.86. The van der Waals surface area contributed by atoms with E-state index in [2.05, 4.69) is 25.7 Å². The highest BCUT2D eigenvalue weighted by Gasteiger charge is 2.31. The van der Waals surface area contributed by atoms with Gasteiger partial charge in [0.05, 0.1) is 25.4 Å². The van der Waals surface area contributed by atoms with Gasteiger partial charge in [-0.15, -0.1) is 0 Å². The fourth-order valence-electron chi connectivity index (χ4n) is 1.82. The number of aliphatic hydroxyl groups is 1. The van der Waals surface area contributed by atoms with Crippen LogP contribution in [0.15, 0.2) is 0 Å². The number of hydrogen-bond acceptors (Lipinski definition) is 3. The molecule has 1 fully saturated rings. The van der Waals surface area contributed by atoms with Crippen LogP contribution in [0.25, 0.3) is 0 Å². The average molecular weight is 187 g/mol. The van der Waals surface area contributed by atoms with Crippen molar-refractivity contribution in [3.05, 3.63) is 0 Å². The molecule has 1 aliphatic rings. The summed E-state index contributed by atoms with van der Waals surface area (Å²) < 4.78 is 5.21. The first-order valence-electron chi connectivity index (χ1n) is 4.86. The van der Waals surface area contributed by atoms with Crippen molar-refractivity contribution in [2.24, 2.45) is 5.41 Å². The van der Waals surface area contributed by atoms with Crippen molar-refractivity contribution in [1.82, 2.24) is 4.90 Å². The van der Waals surface area contributed by atoms with Gasteiger partial charge in [-0.1, -0.05) is 20.8 Å². The second-order valence-electron chi connectivity index (χ2n) is 5.15. The molecule has 1 heterocycles. The van der Waals surface area contributed by atoms with Crippen molar-refractivity contribution in [3.63, 3.8) is 0 Å². The van der Waals surface area contributed by atoms with Gasteiger partial charge in [-0.3, -0.25) is 4.90 Å². The topological polar surface area (TPSA) is 32.7 Å². The second kappa shape index (κ2) is 3.95. The molecular weight excluding hydrogens is 166 g/mol. The smallest absolute Gasteiger partial charge is 0.0950 e. The molecule has 13 heavy (non-hydrogen) atoms. The average Bonchev–Trinajstić information content (AvgIpc) is 2.30. The van der Waals surface area contributed by atoms with E-state index in [9.17, 15) is 5.11 Å². The van der Waals surface area contributed by atoms with E-state index in [1.165, 1.54) is 0 Å². The van der Waals surface area contributed by atoms with E-state index < -0.39 is 0 Å². The number of aliphatic hydroxyl groups excluding tert-OH is 1. The number of ether oxygens (including phenoxy) is 1. The summed E-state index contributed by atoms with van der Waals surface area (Å²) in [5, 5.41) is 9.59. The lowest BCUT2D eigenvalue weighted by molar-refractivity contribution is 0.0787. The summed E-state index contributed by atoms with van der Waals surface area (Å²) in [6.45, 7) is 8.73. The Bertz CT molecular complexity index is 165. The predicted octanol–water partition coefficient (Wildman–Crippen LogP) is 0.724. The number of rotatable bonds is 2. The molecule has 1 saturated heterocycles. The van der Waals surface area contributed by atoms with Crippen molar-refractivity contribution in [2.75, 3.05) is 26.8 Å². The van der Waals surface area contributed by atoms with E-state index >= 15 is 0 Å². The lowest BCUT2D eigenvalue weighted by Gasteiger charge is -2.31. The van der Waals surface area contributed by atoms with Crippen LogP contribution in [0.1, 0.15) is 20.8 Å². The fourth-order valence-corrected chi connectivity index (χ4v) is 1.82. The largest absolute Gasteiger partial charge is 0.389 e. The molecule has 0 bridgehead atoms. The number of hydrogen-bond donors (Lipinski definition) is 1. The third-order valence-electron chi connectivity index (χ3n) is 2.31. The Morgan fingerprint density at radius 3 is 2.38 bits per heavy atom. The normalized spacial score (nSPS) is 30.0. The lowest BCUT2D eigenvalue weighted by Crippen LogP contribution is -2.44. The van der Waals surface area contributed by atoms with Gasteiger partial charge in [-0.2, -0.15) is 0 Å². The zero-order valence-electron chi connectivity index (χ0n) is 9.08. The highest BCUT2D eigenvalue weighted by Crippen LogP contribution is 2.19. The van der Waals surface area contributed by atoms with Crippen LogP contribution in [0.5, 0.6) is 0 Å². The van der Waals surface area contributed by atoms with Gasteiger partial charge < -0.3 is 9.84 Å². The minimum absolute atomic E-state index is 0.180. The third kappa shape index (κ3) is 3.25. The minimum atomic E-state index is -0.313. The molecule has 3 nitrogen and oxygen atoms in total. The molecule has 0 aromatic carbocycles. The third-order valence-corrected chi connectivity index (χ3v) is 2.31. The Morgan fingerprint density at radius 2 is 2.00 bits per heavy atom. The summed E-state index contributed by atoms with van der Waals surface area (Å²) in [7, 11) is 2.05. The summed E-state index contributed by atoms with van der Waals surface area (Å²) in [5.41, 5.74) is 0.275. The van der Waals surface area contributed by atoms with Crippen LogP contribution in [-0.2, 0) is 4.74 Å². The summed E-state index contributed by atoms with van der Waals surface area (Å²) >= 11 is 0. The lowest BCUT2D eigenvalue weighted by atomic mass is 9.95. The first kappa shape index (κ1) is 11.0. The van der Waals surface area contributed by atoms with E-state index in [-0.39, 0.29) is 17.6 Å². The van der Waals surface area contributed by atoms with Crippen LogP contribution in [0, 0.1) is 5.41 Å². The number of likely N-dealkylation sites (N-methyl/N-ethyl adjacent to an activating group) is 1. The molecule has 78 valence electrons. The van der Waals surface area contributed by atoms with Gasteiger partial charge in [-0.25, -0.2) is 0 Å². The van der Waals surface area contributed by atoms with Gasteiger partial charge in [0, 0.05) is 6.54 Å². The molecule has 0 aliphatic carbocycles. The van der Waals surface area contributed by atoms with Crippen LogP contribution >= 0.6 is 0 Å². The fraction of sp³-hybridized carbons (Fsp3) is 1.00. The first-order chi connectivity index (χ1) is 5.90. The van der Waals surface area contributed by atoms with E-state index in [1.807, 2.05) is 7.05 Å². The maximum absolute atomic E-state index is 9.59. The highest BCUT2D eigenvalue weighted by atomic mass is 16.5. The van der Waals surface area contributed by atoms with Gasteiger partial charge in [0.25, 0.3) is 0 Å². The molecule has 2 atom stereocenters. The molecular formula is C10H21NO2. The van der Waals surface area contributed by atoms with E-state index in [0.29, 0.717) is 13.2 Å². The Kier molecular flexibility index (Phi) is 3.33. The Balaban J connectivity index is 2.43. The van der Waals surface area contributed by atoms with E-state index in [0.717, 1.165) is 6.54 Å². The molecule has 3 heteroatoms. The van der Waals surface area contributed by atoms with Crippen molar-refractivity contribution < 1.29 is 9.84 Å². The minimum Gasteiger partial charge on any atom is -0.389 e. The zero-order chi connectivity index (χ0) is 10.1. The molecule has 0 radical (unpaired) electrons. The molecule has 1 N–H and O–H groups in total. The van der Waals surface area contributed by atoms with Crippen molar-refractivity contribution in [1.29, 1.82) is 0 Å². The van der Waals surface area contributed by atoms with Crippen LogP contribution in [0.2, 0.25) is 0 Å². The van der Waals surface area contributed by atoms with Crippen LogP contribution < -0.4 is 0 Å². The highest BCUT2D eigenvalue weighted by molar-refractivity contribution is 4.83. The van der Waals surface area contributed by atoms with Gasteiger partial charge in [0.15, 0.2) is 0 Å². The molecule has 0 aromatic heterocycles. The molecule has 0 saturated carbocycles. The second-order valence-corrected chi connectivity index (χ2v) is 5.15. The molecule has 1 rings (SSSR count). The molecule has 2 unspecified atom stereocenters. The Labute approximate surface area is 80.7 Å². The van der Waals surface area contributed by atoms with Crippen LogP contribution in [0.4, 0.5) is 0 Å². The van der Waals surface area contributed by atoms with Gasteiger partial charge in [0.1, 0.15) is 0 Å².